The summed E-state index contributed by atoms with van der Waals surface area (Å²) in [5.41, 5.74) is 0.972. The summed E-state index contributed by atoms with van der Waals surface area (Å²) in [6.45, 7) is 5.88. The zero-order chi connectivity index (χ0) is 15.6. The molecule has 0 saturated heterocycles. The number of amides is 1. The second kappa shape index (κ2) is 5.96. The first-order valence-corrected chi connectivity index (χ1v) is 8.06. The van der Waals surface area contributed by atoms with Crippen molar-refractivity contribution >= 4 is 16.7 Å². The molecule has 1 N–H and O–H groups in total. The highest BCUT2D eigenvalue weighted by Gasteiger charge is 2.43. The first-order valence-electron chi connectivity index (χ1n) is 8.06. The van der Waals surface area contributed by atoms with E-state index in [1.165, 1.54) is 16.3 Å². The van der Waals surface area contributed by atoms with Gasteiger partial charge in [0.2, 0.25) is 5.91 Å². The first-order chi connectivity index (χ1) is 10.7. The van der Waals surface area contributed by atoms with E-state index in [0.29, 0.717) is 0 Å². The van der Waals surface area contributed by atoms with Crippen LogP contribution in [-0.4, -0.2) is 5.91 Å². The molecular formula is C20H23NO. The molecule has 1 amide bonds. The topological polar surface area (TPSA) is 29.1 Å². The van der Waals surface area contributed by atoms with Crippen LogP contribution in [0.15, 0.2) is 55.1 Å². The number of carbonyl (C=O) groups excluding carboxylic acids is 1. The summed E-state index contributed by atoms with van der Waals surface area (Å²) >= 11 is 0. The Bertz CT molecular complexity index is 694. The van der Waals surface area contributed by atoms with E-state index in [1.54, 1.807) is 0 Å². The van der Waals surface area contributed by atoms with E-state index in [0.717, 1.165) is 25.7 Å². The molecule has 2 aromatic carbocycles. The average molecular weight is 293 g/mol. The summed E-state index contributed by atoms with van der Waals surface area (Å²) in [6.07, 6.45) is 5.76. The third-order valence-electron chi connectivity index (χ3n) is 4.96. The van der Waals surface area contributed by atoms with Crippen LogP contribution in [0.25, 0.3) is 10.8 Å². The lowest BCUT2D eigenvalue weighted by Crippen LogP contribution is -2.46. The SMILES string of the molecule is C=CCC1(C(=O)N[C@@H](C)c2cccc3ccccc23)CCC1. The van der Waals surface area contributed by atoms with Gasteiger partial charge in [0.15, 0.2) is 0 Å². The van der Waals surface area contributed by atoms with Crippen LogP contribution in [0.3, 0.4) is 0 Å². The summed E-state index contributed by atoms with van der Waals surface area (Å²) in [5, 5.41) is 5.65. The Kier molecular flexibility index (Phi) is 4.02. The van der Waals surface area contributed by atoms with Crippen molar-refractivity contribution in [1.82, 2.24) is 5.32 Å². The summed E-state index contributed by atoms with van der Waals surface area (Å²) in [5.74, 6) is 0.180. The van der Waals surface area contributed by atoms with Gasteiger partial charge >= 0.3 is 0 Å². The lowest BCUT2D eigenvalue weighted by Gasteiger charge is -2.40. The lowest BCUT2D eigenvalue weighted by atomic mass is 9.66. The van der Waals surface area contributed by atoms with Crippen molar-refractivity contribution < 1.29 is 4.79 Å². The van der Waals surface area contributed by atoms with Crippen molar-refractivity contribution in [3.05, 3.63) is 60.7 Å². The molecule has 2 aromatic rings. The minimum Gasteiger partial charge on any atom is -0.349 e. The molecule has 114 valence electrons. The Labute approximate surface area is 132 Å². The highest BCUT2D eigenvalue weighted by molar-refractivity contribution is 5.88. The van der Waals surface area contributed by atoms with Crippen LogP contribution in [0.1, 0.15) is 44.2 Å². The highest BCUT2D eigenvalue weighted by atomic mass is 16.2. The Balaban J connectivity index is 1.83. The van der Waals surface area contributed by atoms with Crippen molar-refractivity contribution in [3.8, 4) is 0 Å². The molecule has 0 bridgehead atoms. The summed E-state index contributed by atoms with van der Waals surface area (Å²) in [6, 6.07) is 14.6. The van der Waals surface area contributed by atoms with Gasteiger partial charge in [-0.3, -0.25) is 4.79 Å². The van der Waals surface area contributed by atoms with Gasteiger partial charge in [0, 0.05) is 0 Å². The number of hydrogen-bond acceptors (Lipinski definition) is 1. The third kappa shape index (κ3) is 2.54. The Hall–Kier alpha value is -2.09. The van der Waals surface area contributed by atoms with Crippen LogP contribution in [-0.2, 0) is 4.79 Å². The Morgan fingerprint density at radius 1 is 1.27 bits per heavy atom. The van der Waals surface area contributed by atoms with Crippen LogP contribution in [0.4, 0.5) is 0 Å². The molecular weight excluding hydrogens is 270 g/mol. The predicted molar refractivity (Wildman–Crippen MR) is 91.6 cm³/mol. The van der Waals surface area contributed by atoms with E-state index >= 15 is 0 Å². The summed E-state index contributed by atoms with van der Waals surface area (Å²) < 4.78 is 0. The van der Waals surface area contributed by atoms with E-state index < -0.39 is 0 Å². The zero-order valence-electron chi connectivity index (χ0n) is 13.1. The predicted octanol–water partition coefficient (Wildman–Crippen LogP) is 4.76. The van der Waals surface area contributed by atoms with E-state index in [4.69, 9.17) is 0 Å². The summed E-state index contributed by atoms with van der Waals surface area (Å²) in [7, 11) is 0. The zero-order valence-corrected chi connectivity index (χ0v) is 13.1. The van der Waals surface area contributed by atoms with Gasteiger partial charge in [-0.1, -0.05) is 55.0 Å². The van der Waals surface area contributed by atoms with Crippen molar-refractivity contribution in [1.29, 1.82) is 0 Å². The Morgan fingerprint density at radius 3 is 2.68 bits per heavy atom. The second-order valence-corrected chi connectivity index (χ2v) is 6.39. The first kappa shape index (κ1) is 14.8. The molecule has 2 heteroatoms. The van der Waals surface area contributed by atoms with Gasteiger partial charge in [-0.2, -0.15) is 0 Å². The molecule has 0 spiro atoms. The van der Waals surface area contributed by atoms with E-state index in [-0.39, 0.29) is 17.4 Å². The van der Waals surface area contributed by atoms with E-state index in [2.05, 4.69) is 49.2 Å². The summed E-state index contributed by atoms with van der Waals surface area (Å²) in [4.78, 5) is 12.7. The fourth-order valence-corrected chi connectivity index (χ4v) is 3.46. The number of benzene rings is 2. The standard InChI is InChI=1S/C20H23NO/c1-3-12-20(13-7-14-20)19(22)21-15(2)17-11-6-9-16-8-4-5-10-18(16)17/h3-6,8-11,15H,1,7,12-14H2,2H3,(H,21,22)/t15-/m0/s1. The number of fused-ring (bicyclic) bond motifs is 1. The molecule has 1 aliphatic carbocycles. The van der Waals surface area contributed by atoms with E-state index in [9.17, 15) is 4.79 Å². The van der Waals surface area contributed by atoms with E-state index in [1.807, 2.05) is 18.2 Å². The normalized spacial score (nSPS) is 17.5. The number of carbonyl (C=O) groups is 1. The molecule has 0 aromatic heterocycles. The highest BCUT2D eigenvalue weighted by Crippen LogP contribution is 2.44. The molecule has 0 unspecified atom stereocenters. The van der Waals surface area contributed by atoms with Crippen molar-refractivity contribution in [2.24, 2.45) is 5.41 Å². The van der Waals surface area contributed by atoms with Gasteiger partial charge in [0.05, 0.1) is 11.5 Å². The molecule has 0 radical (unpaired) electrons. The maximum Gasteiger partial charge on any atom is 0.227 e. The van der Waals surface area contributed by atoms with Gasteiger partial charge in [0.25, 0.3) is 0 Å². The maximum absolute atomic E-state index is 12.7. The van der Waals surface area contributed by atoms with Crippen molar-refractivity contribution in [3.63, 3.8) is 0 Å². The number of hydrogen-bond donors (Lipinski definition) is 1. The van der Waals surface area contributed by atoms with Gasteiger partial charge in [0.1, 0.15) is 0 Å². The second-order valence-electron chi connectivity index (χ2n) is 6.39. The largest absolute Gasteiger partial charge is 0.349 e. The number of allylic oxidation sites excluding steroid dienone is 1. The van der Waals surface area contributed by atoms with Crippen LogP contribution in [0.2, 0.25) is 0 Å². The van der Waals surface area contributed by atoms with Gasteiger partial charge in [-0.25, -0.2) is 0 Å². The van der Waals surface area contributed by atoms with Gasteiger partial charge in [-0.05, 0) is 42.5 Å². The molecule has 1 fully saturated rings. The number of nitrogens with one attached hydrogen (secondary N) is 1. The lowest BCUT2D eigenvalue weighted by molar-refractivity contribution is -0.136. The van der Waals surface area contributed by atoms with Crippen molar-refractivity contribution in [2.75, 3.05) is 0 Å². The molecule has 1 saturated carbocycles. The van der Waals surface area contributed by atoms with Gasteiger partial charge < -0.3 is 5.32 Å². The average Bonchev–Trinajstić information content (AvgIpc) is 2.50. The van der Waals surface area contributed by atoms with Crippen LogP contribution in [0, 0.1) is 5.41 Å². The molecule has 1 atom stereocenters. The minimum absolute atomic E-state index is 0.0147. The fourth-order valence-electron chi connectivity index (χ4n) is 3.46. The van der Waals surface area contributed by atoms with Crippen molar-refractivity contribution in [2.45, 2.75) is 38.6 Å². The molecule has 22 heavy (non-hydrogen) atoms. The minimum atomic E-state index is -0.208. The van der Waals surface area contributed by atoms with Crippen LogP contribution < -0.4 is 5.32 Å². The Morgan fingerprint density at radius 2 is 2.00 bits per heavy atom. The molecule has 0 heterocycles. The molecule has 3 rings (SSSR count). The number of rotatable bonds is 5. The molecule has 0 aliphatic heterocycles. The fraction of sp³-hybridized carbons (Fsp3) is 0.350. The van der Waals surface area contributed by atoms with Crippen LogP contribution >= 0.6 is 0 Å². The third-order valence-corrected chi connectivity index (χ3v) is 4.96. The van der Waals surface area contributed by atoms with Gasteiger partial charge in [-0.15, -0.1) is 6.58 Å². The smallest absolute Gasteiger partial charge is 0.227 e. The molecule has 1 aliphatic rings. The maximum atomic E-state index is 12.7. The quantitative estimate of drug-likeness (QED) is 0.791. The monoisotopic (exact) mass is 293 g/mol. The molecule has 2 nitrogen and oxygen atoms in total. The van der Waals surface area contributed by atoms with Crippen LogP contribution in [0.5, 0.6) is 0 Å².